The van der Waals surface area contributed by atoms with Crippen LogP contribution < -0.4 is 16.0 Å². The number of rotatable bonds is 4. The molecule has 1 atom stereocenters. The molecule has 2 aromatic carbocycles. The number of hydrogen-bond acceptors (Lipinski definition) is 2. The van der Waals surface area contributed by atoms with Gasteiger partial charge in [-0.2, -0.15) is 0 Å². The lowest BCUT2D eigenvalue weighted by atomic mass is 9.92. The molecule has 3 nitrogen and oxygen atoms in total. The van der Waals surface area contributed by atoms with E-state index in [0.717, 1.165) is 39.3 Å². The van der Waals surface area contributed by atoms with E-state index in [9.17, 15) is 0 Å². The third kappa shape index (κ3) is 4.13. The van der Waals surface area contributed by atoms with Gasteiger partial charge in [0.2, 0.25) is 0 Å². The van der Waals surface area contributed by atoms with Crippen molar-refractivity contribution < 1.29 is 0 Å². The predicted octanol–water partition coefficient (Wildman–Crippen LogP) is 6.03. The summed E-state index contributed by atoms with van der Waals surface area (Å²) < 4.78 is 0. The molecule has 0 radical (unpaired) electrons. The molecule has 1 aliphatic rings. The second-order valence-corrected chi connectivity index (χ2v) is 7.83. The van der Waals surface area contributed by atoms with E-state index in [1.807, 2.05) is 57.2 Å². The number of thiocarbonyl (C=S) groups is 1. The van der Waals surface area contributed by atoms with E-state index in [1.165, 1.54) is 0 Å². The van der Waals surface area contributed by atoms with Gasteiger partial charge in [0.25, 0.3) is 0 Å². The highest BCUT2D eigenvalue weighted by Gasteiger charge is 2.28. The smallest absolute Gasteiger partial charge is 0.171 e. The van der Waals surface area contributed by atoms with E-state index in [0.29, 0.717) is 15.2 Å². The van der Waals surface area contributed by atoms with Gasteiger partial charge in [-0.3, -0.25) is 0 Å². The highest BCUT2D eigenvalue weighted by atomic mass is 35.5. The average molecular weight is 418 g/mol. The van der Waals surface area contributed by atoms with Gasteiger partial charge >= 0.3 is 0 Å². The lowest BCUT2D eigenvalue weighted by Gasteiger charge is -2.33. The summed E-state index contributed by atoms with van der Waals surface area (Å²) in [6.07, 6.45) is 0. The molecule has 3 rings (SSSR count). The van der Waals surface area contributed by atoms with Gasteiger partial charge in [0.05, 0.1) is 6.04 Å². The van der Waals surface area contributed by atoms with Crippen molar-refractivity contribution in [2.45, 2.75) is 26.8 Å². The van der Waals surface area contributed by atoms with Gasteiger partial charge in [-0.25, -0.2) is 0 Å². The molecule has 1 aliphatic heterocycles. The highest BCUT2D eigenvalue weighted by Crippen LogP contribution is 2.36. The van der Waals surface area contributed by atoms with E-state index in [1.54, 1.807) is 0 Å². The maximum Gasteiger partial charge on any atom is 0.171 e. The second kappa shape index (κ2) is 7.93. The van der Waals surface area contributed by atoms with Crippen LogP contribution in [0.25, 0.3) is 0 Å². The molecule has 6 heteroatoms. The van der Waals surface area contributed by atoms with Crippen LogP contribution in [0, 0.1) is 13.8 Å². The fraction of sp³-hybridized carbons (Fsp3) is 0.190. The molecule has 0 saturated heterocycles. The number of allylic oxidation sites excluding steroid dienone is 1. The van der Waals surface area contributed by atoms with E-state index in [4.69, 9.17) is 35.4 Å². The van der Waals surface area contributed by atoms with E-state index in [2.05, 4.69) is 22.5 Å². The van der Waals surface area contributed by atoms with Crippen molar-refractivity contribution in [3.8, 4) is 0 Å². The molecular formula is C21H21Cl2N3S. The summed E-state index contributed by atoms with van der Waals surface area (Å²) in [6.45, 7) is 10.2. The molecule has 1 unspecified atom stereocenters. The van der Waals surface area contributed by atoms with Crippen molar-refractivity contribution >= 4 is 46.2 Å². The largest absolute Gasteiger partial charge is 0.355 e. The van der Waals surface area contributed by atoms with Crippen LogP contribution in [-0.4, -0.2) is 5.11 Å². The lowest BCUT2D eigenvalue weighted by Crippen LogP contribution is -2.44. The van der Waals surface area contributed by atoms with Crippen molar-refractivity contribution in [3.05, 3.63) is 86.7 Å². The zero-order valence-corrected chi connectivity index (χ0v) is 17.7. The van der Waals surface area contributed by atoms with Gasteiger partial charge in [-0.1, -0.05) is 48.0 Å². The minimum absolute atomic E-state index is 0.202. The predicted molar refractivity (Wildman–Crippen MR) is 119 cm³/mol. The molecule has 2 aromatic rings. The van der Waals surface area contributed by atoms with Crippen molar-refractivity contribution in [1.82, 2.24) is 10.6 Å². The fourth-order valence-electron chi connectivity index (χ4n) is 3.17. The Hall–Kier alpha value is -2.01. The molecule has 0 bridgehead atoms. The number of nitrogens with one attached hydrogen (secondary N) is 3. The van der Waals surface area contributed by atoms with Crippen molar-refractivity contribution in [3.63, 3.8) is 0 Å². The Labute approximate surface area is 175 Å². The van der Waals surface area contributed by atoms with Crippen LogP contribution in [0.1, 0.15) is 29.7 Å². The fourth-order valence-corrected chi connectivity index (χ4v) is 3.96. The van der Waals surface area contributed by atoms with Crippen LogP contribution in [0.3, 0.4) is 0 Å². The second-order valence-electron chi connectivity index (χ2n) is 6.61. The van der Waals surface area contributed by atoms with E-state index < -0.39 is 0 Å². The first kappa shape index (κ1) is 19.7. The first-order valence-electron chi connectivity index (χ1n) is 8.53. The van der Waals surface area contributed by atoms with Crippen molar-refractivity contribution in [1.29, 1.82) is 0 Å². The Kier molecular flexibility index (Phi) is 5.80. The monoisotopic (exact) mass is 417 g/mol. The topological polar surface area (TPSA) is 36.1 Å². The van der Waals surface area contributed by atoms with Gasteiger partial charge in [0.15, 0.2) is 5.11 Å². The lowest BCUT2D eigenvalue weighted by molar-refractivity contribution is 0.698. The van der Waals surface area contributed by atoms with Crippen LogP contribution in [0.15, 0.2) is 59.9 Å². The Morgan fingerprint density at radius 3 is 2.56 bits per heavy atom. The maximum atomic E-state index is 6.54. The number of aryl methyl sites for hydroxylation is 1. The number of anilines is 1. The Morgan fingerprint density at radius 2 is 1.85 bits per heavy atom. The van der Waals surface area contributed by atoms with Crippen LogP contribution in [-0.2, 0) is 0 Å². The van der Waals surface area contributed by atoms with E-state index in [-0.39, 0.29) is 6.04 Å². The molecule has 0 aromatic heterocycles. The van der Waals surface area contributed by atoms with Crippen LogP contribution in [0.5, 0.6) is 0 Å². The van der Waals surface area contributed by atoms with Crippen molar-refractivity contribution in [2.24, 2.45) is 0 Å². The molecule has 0 aliphatic carbocycles. The quantitative estimate of drug-likeness (QED) is 0.530. The summed E-state index contributed by atoms with van der Waals surface area (Å²) in [5, 5.41) is 11.8. The molecule has 3 N–H and O–H groups in total. The molecular weight excluding hydrogens is 397 g/mol. The zero-order valence-electron chi connectivity index (χ0n) is 15.4. The molecule has 140 valence electrons. The number of hydrogen-bond donors (Lipinski definition) is 3. The summed E-state index contributed by atoms with van der Waals surface area (Å²) in [7, 11) is 0. The minimum Gasteiger partial charge on any atom is -0.355 e. The summed E-state index contributed by atoms with van der Waals surface area (Å²) in [5.41, 5.74) is 6.58. The van der Waals surface area contributed by atoms with Crippen LogP contribution in [0.2, 0.25) is 10.0 Å². The minimum atomic E-state index is -0.202. The van der Waals surface area contributed by atoms with Crippen LogP contribution in [0.4, 0.5) is 5.69 Å². The average Bonchev–Trinajstić information content (AvgIpc) is 2.58. The summed E-state index contributed by atoms with van der Waals surface area (Å²) in [5.74, 6) is 0. The van der Waals surface area contributed by atoms with Crippen molar-refractivity contribution in [2.75, 3.05) is 5.32 Å². The Morgan fingerprint density at radius 1 is 1.11 bits per heavy atom. The maximum absolute atomic E-state index is 6.54. The summed E-state index contributed by atoms with van der Waals surface area (Å²) in [4.78, 5) is 0. The highest BCUT2D eigenvalue weighted by molar-refractivity contribution is 7.80. The van der Waals surface area contributed by atoms with Crippen LogP contribution >= 0.6 is 35.4 Å². The molecule has 27 heavy (non-hydrogen) atoms. The molecule has 0 saturated carbocycles. The van der Waals surface area contributed by atoms with Gasteiger partial charge in [-0.05, 0) is 67.9 Å². The molecule has 0 spiro atoms. The Bertz CT molecular complexity index is 966. The zero-order chi connectivity index (χ0) is 19.7. The molecule has 0 fully saturated rings. The third-order valence-electron chi connectivity index (χ3n) is 4.61. The first-order valence-corrected chi connectivity index (χ1v) is 9.70. The summed E-state index contributed by atoms with van der Waals surface area (Å²) >= 11 is 18.2. The SMILES string of the molecule is C=C(Nc1cccc(Cl)c1C)C1=C(C)NC(=S)NC1c1ccc(C)cc1Cl. The number of halogens is 2. The Balaban J connectivity index is 2.01. The summed E-state index contributed by atoms with van der Waals surface area (Å²) in [6, 6.07) is 11.6. The standard InChI is InChI=1S/C21H21Cl2N3S/c1-11-8-9-15(17(23)10-11)20-19(14(4)25-21(27)26-20)13(3)24-18-7-5-6-16(22)12(18)2/h5-10,20,24H,3H2,1-2,4H3,(H2,25,26,27). The molecule has 1 heterocycles. The third-order valence-corrected chi connectivity index (χ3v) is 5.57. The van der Waals surface area contributed by atoms with Gasteiger partial charge in [-0.15, -0.1) is 0 Å². The van der Waals surface area contributed by atoms with Gasteiger partial charge in [0.1, 0.15) is 0 Å². The van der Waals surface area contributed by atoms with Gasteiger partial charge in [0, 0.05) is 32.7 Å². The normalized spacial score (nSPS) is 16.6. The first-order chi connectivity index (χ1) is 12.8. The van der Waals surface area contributed by atoms with E-state index >= 15 is 0 Å². The molecule has 0 amide bonds. The number of benzene rings is 2. The van der Waals surface area contributed by atoms with Gasteiger partial charge < -0.3 is 16.0 Å².